The molecule has 4 rings (SSSR count). The van der Waals surface area contributed by atoms with E-state index in [1.165, 1.54) is 17.3 Å². The van der Waals surface area contributed by atoms with Gasteiger partial charge in [-0.2, -0.15) is 9.78 Å². The number of anilines is 1. The van der Waals surface area contributed by atoms with Crippen molar-refractivity contribution < 1.29 is 9.42 Å². The van der Waals surface area contributed by atoms with Crippen molar-refractivity contribution in [2.24, 2.45) is 5.10 Å². The highest BCUT2D eigenvalue weighted by Gasteiger charge is 2.26. The van der Waals surface area contributed by atoms with E-state index in [-0.39, 0.29) is 17.3 Å². The van der Waals surface area contributed by atoms with Gasteiger partial charge in [-0.1, -0.05) is 17.7 Å². The van der Waals surface area contributed by atoms with E-state index >= 15 is 0 Å². The molecule has 12 heteroatoms. The minimum Gasteiger partial charge on any atom is -0.378 e. The van der Waals surface area contributed by atoms with Gasteiger partial charge in [0.25, 0.3) is 5.91 Å². The van der Waals surface area contributed by atoms with Gasteiger partial charge in [-0.3, -0.25) is 14.7 Å². The third kappa shape index (κ3) is 4.27. The molecule has 12 nitrogen and oxygen atoms in total. The number of aromatic nitrogens is 6. The van der Waals surface area contributed by atoms with Crippen molar-refractivity contribution in [2.75, 3.05) is 18.8 Å². The second kappa shape index (κ2) is 8.56. The van der Waals surface area contributed by atoms with Crippen LogP contribution in [0.2, 0.25) is 0 Å². The maximum atomic E-state index is 12.7. The van der Waals surface area contributed by atoms with Crippen molar-refractivity contribution in [3.05, 3.63) is 41.5 Å². The summed E-state index contributed by atoms with van der Waals surface area (Å²) in [4.78, 5) is 19.0. The lowest BCUT2D eigenvalue weighted by Gasteiger charge is -2.26. The predicted molar refractivity (Wildman–Crippen MR) is 102 cm³/mol. The van der Waals surface area contributed by atoms with Gasteiger partial charge in [0.2, 0.25) is 11.6 Å². The molecule has 1 aliphatic rings. The molecular weight excluding hydrogens is 376 g/mol. The van der Waals surface area contributed by atoms with Gasteiger partial charge >= 0.3 is 0 Å². The molecule has 1 fully saturated rings. The minimum atomic E-state index is -0.495. The Balaban J connectivity index is 1.58. The zero-order chi connectivity index (χ0) is 20.1. The highest BCUT2D eigenvalue weighted by atomic mass is 16.6. The van der Waals surface area contributed by atoms with E-state index < -0.39 is 5.91 Å². The molecule has 0 saturated carbocycles. The van der Waals surface area contributed by atoms with Crippen molar-refractivity contribution >= 4 is 17.9 Å². The highest BCUT2D eigenvalue weighted by molar-refractivity contribution is 5.94. The number of amides is 1. The van der Waals surface area contributed by atoms with E-state index in [1.54, 1.807) is 18.3 Å². The van der Waals surface area contributed by atoms with Gasteiger partial charge in [0.05, 0.1) is 17.6 Å². The van der Waals surface area contributed by atoms with Crippen molar-refractivity contribution in [2.45, 2.75) is 25.8 Å². The lowest BCUT2D eigenvalue weighted by Crippen LogP contribution is -2.31. The summed E-state index contributed by atoms with van der Waals surface area (Å²) < 4.78 is 6.06. The van der Waals surface area contributed by atoms with Crippen molar-refractivity contribution in [1.82, 2.24) is 40.6 Å². The molecule has 0 bridgehead atoms. The number of carbonyl (C=O) groups excluding carboxylic acids is 1. The Kier molecular flexibility index (Phi) is 5.52. The van der Waals surface area contributed by atoms with E-state index in [4.69, 9.17) is 5.73 Å². The number of nitrogens with two attached hydrogens (primary N) is 1. The number of hydrogen-bond donors (Lipinski definition) is 2. The average Bonchev–Trinajstić information content (AvgIpc) is 3.35. The van der Waals surface area contributed by atoms with Gasteiger partial charge in [-0.25, -0.2) is 10.1 Å². The van der Waals surface area contributed by atoms with Crippen molar-refractivity contribution in [1.29, 1.82) is 0 Å². The molecule has 1 aliphatic heterocycles. The van der Waals surface area contributed by atoms with E-state index in [1.807, 2.05) is 6.07 Å². The third-order valence-corrected chi connectivity index (χ3v) is 4.55. The van der Waals surface area contributed by atoms with Gasteiger partial charge in [0, 0.05) is 12.7 Å². The number of nitrogens with zero attached hydrogens (tertiary/aromatic N) is 8. The summed E-state index contributed by atoms with van der Waals surface area (Å²) in [5, 5.41) is 19.4. The molecule has 3 aromatic rings. The molecule has 0 atom stereocenters. The molecule has 0 unspecified atom stereocenters. The highest BCUT2D eigenvalue weighted by Crippen LogP contribution is 2.19. The molecule has 3 N–H and O–H groups in total. The van der Waals surface area contributed by atoms with Crippen molar-refractivity contribution in [3.8, 4) is 5.82 Å². The van der Waals surface area contributed by atoms with Crippen LogP contribution in [-0.2, 0) is 6.54 Å². The number of carbonyl (C=O) groups is 1. The van der Waals surface area contributed by atoms with E-state index in [0.717, 1.165) is 25.9 Å². The lowest BCUT2D eigenvalue weighted by atomic mass is 10.1. The van der Waals surface area contributed by atoms with Crippen LogP contribution < -0.4 is 11.2 Å². The number of hydrazone groups is 1. The summed E-state index contributed by atoms with van der Waals surface area (Å²) in [6.45, 7) is 2.32. The van der Waals surface area contributed by atoms with Crippen LogP contribution in [0.1, 0.15) is 41.1 Å². The molecule has 0 spiro atoms. The summed E-state index contributed by atoms with van der Waals surface area (Å²) in [6, 6.07) is 5.40. The first-order valence-corrected chi connectivity index (χ1v) is 9.22. The standard InChI is InChI=1S/C17H20N10O2/c18-15-16(24-29-23-15)27-13(11-26-8-4-1-5-9-26)14(21-25-27)17(28)22-20-10-12-6-2-3-7-19-12/h2-3,6-7,10H,1,4-5,8-9,11H2,(H2,18,23)(H,22,28). The Morgan fingerprint density at radius 3 is 2.86 bits per heavy atom. The first-order valence-electron chi connectivity index (χ1n) is 9.22. The van der Waals surface area contributed by atoms with Crippen LogP contribution in [0.5, 0.6) is 0 Å². The molecule has 29 heavy (non-hydrogen) atoms. The van der Waals surface area contributed by atoms with E-state index in [0.29, 0.717) is 17.9 Å². The number of nitrogen functional groups attached to an aromatic ring is 1. The lowest BCUT2D eigenvalue weighted by molar-refractivity contribution is 0.0947. The van der Waals surface area contributed by atoms with Crippen LogP contribution in [0.4, 0.5) is 5.82 Å². The smallest absolute Gasteiger partial charge is 0.293 e. The maximum Gasteiger partial charge on any atom is 0.293 e. The van der Waals surface area contributed by atoms with Gasteiger partial charge in [0.1, 0.15) is 0 Å². The largest absolute Gasteiger partial charge is 0.378 e. The van der Waals surface area contributed by atoms with Crippen LogP contribution in [-0.4, -0.2) is 60.4 Å². The molecule has 0 radical (unpaired) electrons. The van der Waals surface area contributed by atoms with Crippen LogP contribution in [0, 0.1) is 0 Å². The molecule has 150 valence electrons. The van der Waals surface area contributed by atoms with Crippen molar-refractivity contribution in [3.63, 3.8) is 0 Å². The monoisotopic (exact) mass is 396 g/mol. The van der Waals surface area contributed by atoms with E-state index in [2.05, 4.69) is 45.7 Å². The molecule has 0 aromatic carbocycles. The molecule has 1 amide bonds. The van der Waals surface area contributed by atoms with Crippen LogP contribution in [0.3, 0.4) is 0 Å². The Labute approximate surface area is 165 Å². The van der Waals surface area contributed by atoms with Gasteiger partial charge < -0.3 is 5.73 Å². The SMILES string of the molecule is Nc1nonc1-n1nnc(C(=O)NN=Cc2ccccn2)c1CN1CCCCC1. The first kappa shape index (κ1) is 18.7. The Hall–Kier alpha value is -3.67. The second-order valence-electron chi connectivity index (χ2n) is 6.56. The Bertz CT molecular complexity index is 991. The van der Waals surface area contributed by atoms with Crippen LogP contribution in [0.25, 0.3) is 5.82 Å². The summed E-state index contributed by atoms with van der Waals surface area (Å²) in [7, 11) is 0. The quantitative estimate of drug-likeness (QED) is 0.444. The molecule has 0 aliphatic carbocycles. The maximum absolute atomic E-state index is 12.7. The Morgan fingerprint density at radius 2 is 2.14 bits per heavy atom. The summed E-state index contributed by atoms with van der Waals surface area (Å²) in [5.74, 6) is -0.235. The normalized spacial score (nSPS) is 15.0. The molecule has 4 heterocycles. The number of piperidine rings is 1. The predicted octanol–water partition coefficient (Wildman–Crippen LogP) is 0.377. The fourth-order valence-corrected chi connectivity index (χ4v) is 3.12. The zero-order valence-electron chi connectivity index (χ0n) is 15.6. The number of rotatable bonds is 6. The summed E-state index contributed by atoms with van der Waals surface area (Å²) in [6.07, 6.45) is 6.49. The first-order chi connectivity index (χ1) is 14.2. The zero-order valence-corrected chi connectivity index (χ0v) is 15.6. The fraction of sp³-hybridized carbons (Fsp3) is 0.353. The van der Waals surface area contributed by atoms with Gasteiger partial charge in [-0.05, 0) is 48.4 Å². The molecule has 3 aromatic heterocycles. The second-order valence-corrected chi connectivity index (χ2v) is 6.56. The van der Waals surface area contributed by atoms with Crippen LogP contribution in [0.15, 0.2) is 34.1 Å². The summed E-state index contributed by atoms with van der Waals surface area (Å²) in [5.41, 5.74) is 9.56. The topological polar surface area (TPSA) is 153 Å². The number of hydrogen-bond acceptors (Lipinski definition) is 10. The fourth-order valence-electron chi connectivity index (χ4n) is 3.12. The van der Waals surface area contributed by atoms with E-state index in [9.17, 15) is 4.79 Å². The Morgan fingerprint density at radius 1 is 1.28 bits per heavy atom. The molecule has 1 saturated heterocycles. The average molecular weight is 396 g/mol. The molecular formula is C17H20N10O2. The number of likely N-dealkylation sites (tertiary alicyclic amines) is 1. The number of pyridine rings is 1. The third-order valence-electron chi connectivity index (χ3n) is 4.55. The van der Waals surface area contributed by atoms with Crippen LogP contribution >= 0.6 is 0 Å². The van der Waals surface area contributed by atoms with Gasteiger partial charge in [0.15, 0.2) is 5.69 Å². The number of nitrogens with one attached hydrogen (secondary N) is 1. The van der Waals surface area contributed by atoms with Gasteiger partial charge in [-0.15, -0.1) is 5.10 Å². The summed E-state index contributed by atoms with van der Waals surface area (Å²) >= 11 is 0. The minimum absolute atomic E-state index is 0.0647.